The summed E-state index contributed by atoms with van der Waals surface area (Å²) in [6.07, 6.45) is 6.85. The summed E-state index contributed by atoms with van der Waals surface area (Å²) in [5.74, 6) is -0.159. The van der Waals surface area contributed by atoms with Crippen molar-refractivity contribution in [1.29, 1.82) is 0 Å². The van der Waals surface area contributed by atoms with Crippen molar-refractivity contribution in [3.63, 3.8) is 0 Å². The third-order valence-electron chi connectivity index (χ3n) is 5.52. The van der Waals surface area contributed by atoms with Crippen LogP contribution in [0.25, 0.3) is 11.1 Å². The van der Waals surface area contributed by atoms with Crippen molar-refractivity contribution in [2.45, 2.75) is 38.6 Å². The lowest BCUT2D eigenvalue weighted by molar-refractivity contribution is -0.143. The van der Waals surface area contributed by atoms with Crippen molar-refractivity contribution in [2.75, 3.05) is 11.9 Å². The quantitative estimate of drug-likeness (QED) is 0.267. The Bertz CT molecular complexity index is 1090. The van der Waals surface area contributed by atoms with E-state index in [4.69, 9.17) is 4.74 Å². The summed E-state index contributed by atoms with van der Waals surface area (Å²) in [5.41, 5.74) is 6.30. The number of carbonyl (C=O) groups is 1. The molecule has 3 aromatic rings. The van der Waals surface area contributed by atoms with Crippen molar-refractivity contribution in [1.82, 2.24) is 4.98 Å². The number of aryl methyl sites for hydroxylation is 1. The number of nitrogens with one attached hydrogen (secondary N) is 1. The van der Waals surface area contributed by atoms with Gasteiger partial charge in [-0.25, -0.2) is 4.79 Å². The molecule has 0 aliphatic rings. The van der Waals surface area contributed by atoms with Gasteiger partial charge in [0.2, 0.25) is 0 Å². The highest BCUT2D eigenvalue weighted by molar-refractivity contribution is 5.84. The highest BCUT2D eigenvalue weighted by Gasteiger charge is 2.20. The van der Waals surface area contributed by atoms with Gasteiger partial charge in [0.05, 0.1) is 6.61 Å². The van der Waals surface area contributed by atoms with Gasteiger partial charge in [-0.15, -0.1) is 13.2 Å². The molecule has 0 radical (unpaired) electrons. The Morgan fingerprint density at radius 2 is 1.85 bits per heavy atom. The van der Waals surface area contributed by atoms with Crippen LogP contribution in [0.15, 0.2) is 92.2 Å². The SMILES string of the molecule is C=CCC(Nc1ccccc1-c1cccc(C(CC=C)c2ccc(C)cn2)c1)C(=O)OCC. The molecule has 0 saturated heterocycles. The minimum atomic E-state index is -0.489. The van der Waals surface area contributed by atoms with Crippen LogP contribution >= 0.6 is 0 Å². The Hall–Kier alpha value is -3.66. The zero-order valence-electron chi connectivity index (χ0n) is 19.5. The summed E-state index contributed by atoms with van der Waals surface area (Å²) < 4.78 is 5.24. The Morgan fingerprint density at radius 3 is 2.55 bits per heavy atom. The number of esters is 1. The average Bonchev–Trinajstić information content (AvgIpc) is 2.83. The van der Waals surface area contributed by atoms with Crippen molar-refractivity contribution in [3.8, 4) is 11.1 Å². The van der Waals surface area contributed by atoms with E-state index in [0.717, 1.165) is 34.5 Å². The van der Waals surface area contributed by atoms with Crippen molar-refractivity contribution in [2.24, 2.45) is 0 Å². The molecule has 4 nitrogen and oxygen atoms in total. The molecule has 33 heavy (non-hydrogen) atoms. The summed E-state index contributed by atoms with van der Waals surface area (Å²) >= 11 is 0. The van der Waals surface area contributed by atoms with Gasteiger partial charge >= 0.3 is 5.97 Å². The average molecular weight is 441 g/mol. The lowest BCUT2D eigenvalue weighted by atomic mass is 9.89. The van der Waals surface area contributed by atoms with Crippen LogP contribution in [0.1, 0.15) is 42.5 Å². The second-order valence-corrected chi connectivity index (χ2v) is 7.98. The summed E-state index contributed by atoms with van der Waals surface area (Å²) in [6, 6.07) is 20.2. The molecular weight excluding hydrogens is 408 g/mol. The smallest absolute Gasteiger partial charge is 0.328 e. The van der Waals surface area contributed by atoms with Gasteiger partial charge in [-0.3, -0.25) is 4.98 Å². The van der Waals surface area contributed by atoms with E-state index in [1.807, 2.05) is 44.3 Å². The maximum atomic E-state index is 12.4. The van der Waals surface area contributed by atoms with E-state index >= 15 is 0 Å². The Balaban J connectivity index is 1.97. The standard InChI is InChI=1S/C29H32N2O2/c1-5-11-24(26-18-17-21(4)20-30-26)22-13-10-14-23(19-22)25-15-8-9-16-27(25)31-28(12-6-2)29(32)33-7-3/h5-6,8-10,13-20,24,28,31H,1-2,7,11-12H2,3-4H3. The number of anilines is 1. The number of hydrogen-bond acceptors (Lipinski definition) is 4. The van der Waals surface area contributed by atoms with E-state index in [1.54, 1.807) is 6.08 Å². The highest BCUT2D eigenvalue weighted by Crippen LogP contribution is 2.33. The van der Waals surface area contributed by atoms with Crippen LogP contribution in [-0.2, 0) is 9.53 Å². The normalized spacial score (nSPS) is 12.4. The molecule has 170 valence electrons. The van der Waals surface area contributed by atoms with Gasteiger partial charge < -0.3 is 10.1 Å². The van der Waals surface area contributed by atoms with Gasteiger partial charge in [-0.1, -0.05) is 60.7 Å². The first kappa shape index (κ1) is 24.0. The topological polar surface area (TPSA) is 51.2 Å². The molecule has 3 rings (SSSR count). The molecule has 2 aromatic carbocycles. The maximum absolute atomic E-state index is 12.4. The molecule has 2 unspecified atom stereocenters. The van der Waals surface area contributed by atoms with Gasteiger partial charge in [0.15, 0.2) is 0 Å². The molecule has 1 aromatic heterocycles. The predicted octanol–water partition coefficient (Wildman–Crippen LogP) is 6.68. The fourth-order valence-electron chi connectivity index (χ4n) is 3.87. The number of para-hydroxylation sites is 1. The molecule has 0 bridgehead atoms. The number of pyridine rings is 1. The molecule has 0 fully saturated rings. The number of rotatable bonds is 11. The number of hydrogen-bond donors (Lipinski definition) is 1. The number of nitrogens with zero attached hydrogens (tertiary/aromatic N) is 1. The fourth-order valence-corrected chi connectivity index (χ4v) is 3.87. The second-order valence-electron chi connectivity index (χ2n) is 7.98. The van der Waals surface area contributed by atoms with Crippen LogP contribution in [0, 0.1) is 6.92 Å². The maximum Gasteiger partial charge on any atom is 0.328 e. The molecule has 2 atom stereocenters. The van der Waals surface area contributed by atoms with Gasteiger partial charge in [0, 0.05) is 29.1 Å². The Kier molecular flexibility index (Phi) is 8.59. The molecule has 0 aliphatic carbocycles. The van der Waals surface area contributed by atoms with E-state index in [0.29, 0.717) is 13.0 Å². The molecule has 0 aliphatic heterocycles. The van der Waals surface area contributed by atoms with E-state index in [1.165, 1.54) is 5.56 Å². The van der Waals surface area contributed by atoms with Gasteiger partial charge in [-0.05, 0) is 55.5 Å². The first-order valence-electron chi connectivity index (χ1n) is 11.3. The zero-order valence-corrected chi connectivity index (χ0v) is 19.5. The van der Waals surface area contributed by atoms with Crippen molar-refractivity contribution in [3.05, 3.63) is 109 Å². The van der Waals surface area contributed by atoms with Crippen LogP contribution < -0.4 is 5.32 Å². The van der Waals surface area contributed by atoms with E-state index in [9.17, 15) is 4.79 Å². The second kappa shape index (κ2) is 11.8. The zero-order chi connectivity index (χ0) is 23.6. The van der Waals surface area contributed by atoms with E-state index in [2.05, 4.69) is 65.9 Å². The molecule has 4 heteroatoms. The highest BCUT2D eigenvalue weighted by atomic mass is 16.5. The monoisotopic (exact) mass is 440 g/mol. The summed E-state index contributed by atoms with van der Waals surface area (Å²) in [4.78, 5) is 17.1. The number of allylic oxidation sites excluding steroid dienone is 1. The lowest BCUT2D eigenvalue weighted by Gasteiger charge is -2.20. The minimum Gasteiger partial charge on any atom is -0.464 e. The largest absolute Gasteiger partial charge is 0.464 e. The summed E-state index contributed by atoms with van der Waals surface area (Å²) in [6.45, 7) is 11.9. The van der Waals surface area contributed by atoms with E-state index < -0.39 is 6.04 Å². The third-order valence-corrected chi connectivity index (χ3v) is 5.52. The minimum absolute atomic E-state index is 0.121. The molecule has 1 heterocycles. The molecule has 0 saturated carbocycles. The summed E-state index contributed by atoms with van der Waals surface area (Å²) in [5, 5.41) is 3.37. The van der Waals surface area contributed by atoms with Gasteiger partial charge in [-0.2, -0.15) is 0 Å². The molecular formula is C29H32N2O2. The van der Waals surface area contributed by atoms with Crippen LogP contribution in [0.4, 0.5) is 5.69 Å². The number of aromatic nitrogens is 1. The van der Waals surface area contributed by atoms with Crippen LogP contribution in [0.5, 0.6) is 0 Å². The molecule has 0 spiro atoms. The first-order chi connectivity index (χ1) is 16.1. The first-order valence-corrected chi connectivity index (χ1v) is 11.3. The van der Waals surface area contributed by atoms with Gasteiger partial charge in [0.25, 0.3) is 0 Å². The Labute approximate surface area is 197 Å². The third kappa shape index (κ3) is 6.19. The molecule has 1 N–H and O–H groups in total. The van der Waals surface area contributed by atoms with Crippen molar-refractivity contribution >= 4 is 11.7 Å². The Morgan fingerprint density at radius 1 is 1.06 bits per heavy atom. The molecule has 0 amide bonds. The number of carbonyl (C=O) groups excluding carboxylic acids is 1. The van der Waals surface area contributed by atoms with Crippen molar-refractivity contribution < 1.29 is 9.53 Å². The van der Waals surface area contributed by atoms with Crippen LogP contribution in [0.2, 0.25) is 0 Å². The van der Waals surface area contributed by atoms with E-state index in [-0.39, 0.29) is 11.9 Å². The predicted molar refractivity (Wildman–Crippen MR) is 136 cm³/mol. The lowest BCUT2D eigenvalue weighted by Crippen LogP contribution is -2.31. The summed E-state index contributed by atoms with van der Waals surface area (Å²) in [7, 11) is 0. The van der Waals surface area contributed by atoms with Crippen LogP contribution in [-0.4, -0.2) is 23.6 Å². The number of ether oxygens (including phenoxy) is 1. The van der Waals surface area contributed by atoms with Gasteiger partial charge in [0.1, 0.15) is 6.04 Å². The van der Waals surface area contributed by atoms with Crippen LogP contribution in [0.3, 0.4) is 0 Å². The number of benzene rings is 2. The fraction of sp³-hybridized carbons (Fsp3) is 0.241.